The van der Waals surface area contributed by atoms with Crippen LogP contribution in [0.2, 0.25) is 0 Å². The maximum absolute atomic E-state index is 10.6. The van der Waals surface area contributed by atoms with Crippen LogP contribution in [-0.2, 0) is 14.3 Å². The average molecular weight is 221 g/mol. The van der Waals surface area contributed by atoms with Crippen LogP contribution in [0.3, 0.4) is 0 Å². The molecule has 0 aliphatic carbocycles. The summed E-state index contributed by atoms with van der Waals surface area (Å²) < 4.78 is 23.9. The summed E-state index contributed by atoms with van der Waals surface area (Å²) in [5.74, 6) is -0.291. The van der Waals surface area contributed by atoms with Gasteiger partial charge in [0.1, 0.15) is 0 Å². The quantitative estimate of drug-likeness (QED) is 0.538. The van der Waals surface area contributed by atoms with E-state index < -0.39 is 14.6 Å². The van der Waals surface area contributed by atoms with E-state index in [2.05, 4.69) is 4.18 Å². The molecule has 0 saturated carbocycles. The van der Waals surface area contributed by atoms with Crippen molar-refractivity contribution in [2.45, 2.75) is 18.4 Å². The Morgan fingerprint density at radius 3 is 1.82 bits per heavy atom. The molecule has 0 aliphatic rings. The molecule has 0 aliphatic heterocycles. The third-order valence-corrected chi connectivity index (χ3v) is 2.71. The van der Waals surface area contributed by atoms with E-state index in [9.17, 15) is 8.42 Å². The summed E-state index contributed by atoms with van der Waals surface area (Å²) in [7, 11) is -3.59. The van der Waals surface area contributed by atoms with Crippen LogP contribution in [0.5, 0.6) is 0 Å². The minimum absolute atomic E-state index is 0.291. The first kappa shape index (κ1) is 11.5. The van der Waals surface area contributed by atoms with Gasteiger partial charge in [0.2, 0.25) is 4.52 Å². The lowest BCUT2D eigenvalue weighted by Crippen LogP contribution is -2.27. The molecule has 0 aromatic rings. The molecule has 0 unspecified atom stereocenters. The molecule has 11 heavy (non-hydrogen) atoms. The van der Waals surface area contributed by atoms with E-state index in [-0.39, 0.29) is 5.92 Å². The second-order valence-corrected chi connectivity index (χ2v) is 5.40. The molecular weight excluding hydrogens is 211 g/mol. The van der Waals surface area contributed by atoms with Crippen LogP contribution in [0, 0.1) is 5.92 Å². The highest BCUT2D eigenvalue weighted by Gasteiger charge is 2.33. The van der Waals surface area contributed by atoms with Gasteiger partial charge in [-0.3, -0.25) is 0 Å². The second kappa shape index (κ2) is 3.47. The fourth-order valence-electron chi connectivity index (χ4n) is 0.298. The first-order valence-electron chi connectivity index (χ1n) is 2.93. The molecule has 6 heteroatoms. The Balaban J connectivity index is 4.38. The number of hydrogen-bond donors (Lipinski definition) is 0. The van der Waals surface area contributed by atoms with E-state index in [0.717, 1.165) is 6.26 Å². The predicted octanol–water partition coefficient (Wildman–Crippen LogP) is 1.75. The highest BCUT2D eigenvalue weighted by molar-refractivity contribution is 7.86. The van der Waals surface area contributed by atoms with E-state index in [1.165, 1.54) is 0 Å². The van der Waals surface area contributed by atoms with Gasteiger partial charge in [0.15, 0.2) is 0 Å². The van der Waals surface area contributed by atoms with Crippen molar-refractivity contribution >= 4 is 33.3 Å². The summed E-state index contributed by atoms with van der Waals surface area (Å²) in [4.78, 5) is 0. The third-order valence-electron chi connectivity index (χ3n) is 0.935. The minimum Gasteiger partial charge on any atom is -0.231 e. The van der Waals surface area contributed by atoms with E-state index >= 15 is 0 Å². The predicted molar refractivity (Wildman–Crippen MR) is 45.2 cm³/mol. The maximum Gasteiger partial charge on any atom is 0.267 e. The Bertz CT molecular complexity index is 220. The van der Waals surface area contributed by atoms with Gasteiger partial charge in [-0.05, 0) is 0 Å². The Morgan fingerprint density at radius 1 is 1.36 bits per heavy atom. The van der Waals surface area contributed by atoms with Gasteiger partial charge in [0, 0.05) is 5.92 Å². The van der Waals surface area contributed by atoms with E-state index in [4.69, 9.17) is 23.2 Å². The Kier molecular flexibility index (Phi) is 3.63. The lowest BCUT2D eigenvalue weighted by molar-refractivity contribution is 0.198. The van der Waals surface area contributed by atoms with Gasteiger partial charge in [-0.2, -0.15) is 8.42 Å². The summed E-state index contributed by atoms with van der Waals surface area (Å²) in [5.41, 5.74) is 0. The summed E-state index contributed by atoms with van der Waals surface area (Å²) in [6, 6.07) is 0. The highest BCUT2D eigenvalue weighted by atomic mass is 35.5. The molecule has 0 amide bonds. The zero-order valence-electron chi connectivity index (χ0n) is 6.47. The molecule has 0 rings (SSSR count). The zero-order valence-corrected chi connectivity index (χ0v) is 8.79. The molecule has 0 bridgehead atoms. The van der Waals surface area contributed by atoms with E-state index in [1.54, 1.807) is 13.8 Å². The standard InChI is InChI=1S/C5H10Cl2O3S/c1-4(2)5(6,7)10-11(3,8)9/h4H,1-3H3. The fraction of sp³-hybridized carbons (Fsp3) is 1.00. The maximum atomic E-state index is 10.6. The van der Waals surface area contributed by atoms with Crippen molar-refractivity contribution in [3.8, 4) is 0 Å². The number of alkyl halides is 2. The smallest absolute Gasteiger partial charge is 0.231 e. The topological polar surface area (TPSA) is 43.4 Å². The molecule has 0 aromatic heterocycles. The third kappa shape index (κ3) is 4.85. The molecule has 0 atom stereocenters. The van der Waals surface area contributed by atoms with Crippen LogP contribution in [-0.4, -0.2) is 19.2 Å². The van der Waals surface area contributed by atoms with Gasteiger partial charge < -0.3 is 0 Å². The molecule has 3 nitrogen and oxygen atoms in total. The van der Waals surface area contributed by atoms with Gasteiger partial charge in [0.05, 0.1) is 6.26 Å². The molecule has 0 radical (unpaired) electrons. The van der Waals surface area contributed by atoms with Crippen molar-refractivity contribution in [1.82, 2.24) is 0 Å². The van der Waals surface area contributed by atoms with Crippen LogP contribution < -0.4 is 0 Å². The lowest BCUT2D eigenvalue weighted by Gasteiger charge is -2.21. The second-order valence-electron chi connectivity index (χ2n) is 2.50. The van der Waals surface area contributed by atoms with Crippen molar-refractivity contribution < 1.29 is 12.6 Å². The SMILES string of the molecule is CC(C)C(Cl)(Cl)OS(C)(=O)=O. The van der Waals surface area contributed by atoms with E-state index in [0.29, 0.717) is 0 Å². The Labute approximate surface area is 76.8 Å². The summed E-state index contributed by atoms with van der Waals surface area (Å²) in [6.07, 6.45) is 0.898. The molecule has 68 valence electrons. The molecule has 0 spiro atoms. The zero-order chi connectivity index (χ0) is 9.28. The van der Waals surface area contributed by atoms with Gasteiger partial charge in [-0.15, -0.1) is 0 Å². The van der Waals surface area contributed by atoms with Crippen molar-refractivity contribution in [3.05, 3.63) is 0 Å². The number of rotatable bonds is 3. The monoisotopic (exact) mass is 220 g/mol. The molecule has 0 N–H and O–H groups in total. The van der Waals surface area contributed by atoms with Crippen LogP contribution in [0.15, 0.2) is 0 Å². The van der Waals surface area contributed by atoms with Gasteiger partial charge in [-0.25, -0.2) is 4.18 Å². The van der Waals surface area contributed by atoms with Crippen LogP contribution in [0.25, 0.3) is 0 Å². The van der Waals surface area contributed by atoms with Crippen LogP contribution in [0.4, 0.5) is 0 Å². The largest absolute Gasteiger partial charge is 0.267 e. The summed E-state index contributed by atoms with van der Waals surface area (Å²) in [5, 5.41) is 0. The van der Waals surface area contributed by atoms with Crippen LogP contribution in [0.1, 0.15) is 13.8 Å². The van der Waals surface area contributed by atoms with Crippen molar-refractivity contribution in [2.75, 3.05) is 6.26 Å². The summed E-state index contributed by atoms with van der Waals surface area (Å²) >= 11 is 11.0. The molecule has 0 aromatic carbocycles. The van der Waals surface area contributed by atoms with Crippen molar-refractivity contribution in [1.29, 1.82) is 0 Å². The molecule has 0 heterocycles. The number of hydrogen-bond acceptors (Lipinski definition) is 3. The number of halogens is 2. The molecule has 0 saturated heterocycles. The van der Waals surface area contributed by atoms with E-state index in [1.807, 2.05) is 0 Å². The Hall–Kier alpha value is 0.490. The fourth-order valence-corrected chi connectivity index (χ4v) is 1.58. The summed E-state index contributed by atoms with van der Waals surface area (Å²) in [6.45, 7) is 3.32. The van der Waals surface area contributed by atoms with Gasteiger partial charge in [0.25, 0.3) is 10.1 Å². The van der Waals surface area contributed by atoms with Gasteiger partial charge in [-0.1, -0.05) is 37.0 Å². The van der Waals surface area contributed by atoms with Gasteiger partial charge >= 0.3 is 0 Å². The Morgan fingerprint density at radius 2 is 1.73 bits per heavy atom. The highest BCUT2D eigenvalue weighted by Crippen LogP contribution is 2.32. The minimum atomic E-state index is -3.59. The van der Waals surface area contributed by atoms with Crippen molar-refractivity contribution in [3.63, 3.8) is 0 Å². The molecule has 0 fully saturated rings. The van der Waals surface area contributed by atoms with Crippen LogP contribution >= 0.6 is 23.2 Å². The first-order valence-corrected chi connectivity index (χ1v) is 5.51. The first-order chi connectivity index (χ1) is 4.65. The van der Waals surface area contributed by atoms with Crippen molar-refractivity contribution in [2.24, 2.45) is 5.92 Å². The average Bonchev–Trinajstić information content (AvgIpc) is 1.56. The molecular formula is C5H10Cl2O3S. The normalized spacial score (nSPS) is 14.0. The lowest BCUT2D eigenvalue weighted by atomic mass is 10.2.